The summed E-state index contributed by atoms with van der Waals surface area (Å²) in [4.78, 5) is 14.3. The number of benzene rings is 2. The molecule has 0 spiro atoms. The molecule has 0 atom stereocenters. The number of hydrogen-bond donors (Lipinski definition) is 1. The lowest BCUT2D eigenvalue weighted by atomic mass is 9.96. The zero-order chi connectivity index (χ0) is 20.1. The minimum absolute atomic E-state index is 0.249. The zero-order valence-electron chi connectivity index (χ0n) is 17.5. The predicted octanol–water partition coefficient (Wildman–Crippen LogP) is 6.21. The Morgan fingerprint density at radius 2 is 1.79 bits per heavy atom. The number of nitrogens with one attached hydrogen (secondary N) is 1. The lowest BCUT2D eigenvalue weighted by molar-refractivity contribution is 0.0242. The smallest absolute Gasteiger partial charge is 0.410 e. The van der Waals surface area contributed by atoms with Gasteiger partial charge in [0.25, 0.3) is 0 Å². The number of fused-ring (bicyclic) bond motifs is 1. The highest BCUT2D eigenvalue weighted by Crippen LogP contribution is 2.36. The summed E-state index contributed by atoms with van der Waals surface area (Å²) >= 11 is 0. The Labute approximate surface area is 168 Å². The monoisotopic (exact) mass is 380 g/mol. The Morgan fingerprint density at radius 3 is 2.54 bits per heavy atom. The fraction of sp³-hybridized carbons (Fsp3) is 0.458. The second-order valence-electron chi connectivity index (χ2n) is 8.46. The van der Waals surface area contributed by atoms with Gasteiger partial charge >= 0.3 is 6.09 Å². The summed E-state index contributed by atoms with van der Waals surface area (Å²) in [5.41, 5.74) is 5.48. The average molecular weight is 381 g/mol. The van der Waals surface area contributed by atoms with Gasteiger partial charge in [0, 0.05) is 24.3 Å². The van der Waals surface area contributed by atoms with Gasteiger partial charge in [-0.05, 0) is 49.9 Å². The van der Waals surface area contributed by atoms with Crippen LogP contribution in [-0.2, 0) is 17.8 Å². The Morgan fingerprint density at radius 1 is 1.04 bits per heavy atom. The van der Waals surface area contributed by atoms with Crippen LogP contribution in [0, 0.1) is 0 Å². The van der Waals surface area contributed by atoms with E-state index in [4.69, 9.17) is 4.74 Å². The molecule has 0 aromatic heterocycles. The standard InChI is InChI=1S/C24H32N2O2/c1-5-6-9-15-25-22-14-8-7-12-20(22)19-13-10-11-18-16-26(17-21(18)19)23(27)28-24(2,3)4/h7-8,10-14,25H,5-6,9,15-17H2,1-4H3. The molecule has 0 aliphatic carbocycles. The van der Waals surface area contributed by atoms with E-state index in [1.165, 1.54) is 41.5 Å². The maximum absolute atomic E-state index is 12.5. The highest BCUT2D eigenvalue weighted by Gasteiger charge is 2.29. The van der Waals surface area contributed by atoms with Crippen LogP contribution in [0.3, 0.4) is 0 Å². The van der Waals surface area contributed by atoms with Crippen LogP contribution in [0.15, 0.2) is 42.5 Å². The molecule has 2 aromatic carbocycles. The second-order valence-corrected chi connectivity index (χ2v) is 8.46. The maximum Gasteiger partial charge on any atom is 0.410 e. The van der Waals surface area contributed by atoms with Crippen molar-refractivity contribution >= 4 is 11.8 Å². The van der Waals surface area contributed by atoms with E-state index in [1.54, 1.807) is 4.90 Å². The van der Waals surface area contributed by atoms with Crippen LogP contribution in [-0.4, -0.2) is 23.1 Å². The molecular formula is C24H32N2O2. The fourth-order valence-electron chi connectivity index (χ4n) is 3.60. The lowest BCUT2D eigenvalue weighted by Crippen LogP contribution is -2.33. The first-order valence-corrected chi connectivity index (χ1v) is 10.3. The van der Waals surface area contributed by atoms with Crippen LogP contribution in [0.2, 0.25) is 0 Å². The number of carbonyl (C=O) groups excluding carboxylic acids is 1. The quantitative estimate of drug-likeness (QED) is 0.606. The summed E-state index contributed by atoms with van der Waals surface area (Å²) in [5.74, 6) is 0. The molecule has 150 valence electrons. The van der Waals surface area contributed by atoms with Gasteiger partial charge in [-0.15, -0.1) is 0 Å². The molecule has 0 saturated carbocycles. The van der Waals surface area contributed by atoms with E-state index in [0.717, 1.165) is 12.2 Å². The first-order valence-electron chi connectivity index (χ1n) is 10.3. The molecule has 0 bridgehead atoms. The summed E-state index contributed by atoms with van der Waals surface area (Å²) in [6.07, 6.45) is 3.38. The van der Waals surface area contributed by atoms with Crippen LogP contribution < -0.4 is 5.32 Å². The van der Waals surface area contributed by atoms with Crippen LogP contribution in [0.25, 0.3) is 11.1 Å². The Bertz CT molecular complexity index is 824. The number of nitrogens with zero attached hydrogens (tertiary/aromatic N) is 1. The number of unbranched alkanes of at least 4 members (excludes halogenated alkanes) is 2. The molecule has 0 saturated heterocycles. The highest BCUT2D eigenvalue weighted by atomic mass is 16.6. The molecule has 1 aliphatic rings. The van der Waals surface area contributed by atoms with Crippen LogP contribution in [0.4, 0.5) is 10.5 Å². The van der Waals surface area contributed by atoms with E-state index in [-0.39, 0.29) is 6.09 Å². The van der Waals surface area contributed by atoms with Gasteiger partial charge < -0.3 is 10.1 Å². The molecule has 28 heavy (non-hydrogen) atoms. The van der Waals surface area contributed by atoms with E-state index in [0.29, 0.717) is 13.1 Å². The first kappa shape index (κ1) is 20.2. The molecule has 1 N–H and O–H groups in total. The third kappa shape index (κ3) is 4.86. The van der Waals surface area contributed by atoms with Crippen molar-refractivity contribution in [1.82, 2.24) is 4.90 Å². The maximum atomic E-state index is 12.5. The van der Waals surface area contributed by atoms with Gasteiger partial charge in [-0.25, -0.2) is 4.79 Å². The molecule has 4 heteroatoms. The Kier molecular flexibility index (Phi) is 6.28. The summed E-state index contributed by atoms with van der Waals surface area (Å²) < 4.78 is 5.57. The van der Waals surface area contributed by atoms with Crippen molar-refractivity contribution in [3.05, 3.63) is 53.6 Å². The molecule has 1 aliphatic heterocycles. The van der Waals surface area contributed by atoms with Gasteiger partial charge in [0.1, 0.15) is 5.60 Å². The number of amides is 1. The third-order valence-electron chi connectivity index (χ3n) is 4.95. The van der Waals surface area contributed by atoms with Crippen LogP contribution in [0.5, 0.6) is 0 Å². The Balaban J connectivity index is 1.82. The highest BCUT2D eigenvalue weighted by molar-refractivity contribution is 5.82. The number of carbonyl (C=O) groups is 1. The second kappa shape index (κ2) is 8.68. The average Bonchev–Trinajstić information content (AvgIpc) is 3.09. The van der Waals surface area contributed by atoms with Gasteiger partial charge in [0.15, 0.2) is 0 Å². The normalized spacial score (nSPS) is 13.4. The lowest BCUT2D eigenvalue weighted by Gasteiger charge is -2.24. The summed E-state index contributed by atoms with van der Waals surface area (Å²) in [6, 6.07) is 14.8. The molecule has 0 unspecified atom stereocenters. The SMILES string of the molecule is CCCCCNc1ccccc1-c1cccc2c1CN(C(=O)OC(C)(C)C)C2. The fourth-order valence-corrected chi connectivity index (χ4v) is 3.60. The molecule has 3 rings (SSSR count). The van der Waals surface area contributed by atoms with Crippen molar-refractivity contribution in [2.24, 2.45) is 0 Å². The largest absolute Gasteiger partial charge is 0.444 e. The van der Waals surface area contributed by atoms with Gasteiger partial charge in [0.05, 0.1) is 6.54 Å². The van der Waals surface area contributed by atoms with Crippen LogP contribution in [0.1, 0.15) is 58.1 Å². The summed E-state index contributed by atoms with van der Waals surface area (Å²) in [7, 11) is 0. The van der Waals surface area contributed by atoms with Gasteiger partial charge in [-0.2, -0.15) is 0 Å². The van der Waals surface area contributed by atoms with E-state index >= 15 is 0 Å². The molecule has 1 amide bonds. The molecule has 2 aromatic rings. The van der Waals surface area contributed by atoms with Crippen molar-refractivity contribution < 1.29 is 9.53 Å². The number of hydrogen-bond acceptors (Lipinski definition) is 3. The molecule has 4 nitrogen and oxygen atoms in total. The molecule has 0 fully saturated rings. The molecule has 0 radical (unpaired) electrons. The van der Waals surface area contributed by atoms with Gasteiger partial charge in [-0.3, -0.25) is 4.90 Å². The third-order valence-corrected chi connectivity index (χ3v) is 4.95. The predicted molar refractivity (Wildman–Crippen MR) is 115 cm³/mol. The number of para-hydroxylation sites is 1. The van der Waals surface area contributed by atoms with E-state index < -0.39 is 5.60 Å². The summed E-state index contributed by atoms with van der Waals surface area (Å²) in [6.45, 7) is 10.1. The molecule has 1 heterocycles. The van der Waals surface area contributed by atoms with Crippen molar-refractivity contribution in [1.29, 1.82) is 0 Å². The minimum Gasteiger partial charge on any atom is -0.444 e. The number of rotatable bonds is 6. The Hall–Kier alpha value is -2.49. The first-order chi connectivity index (χ1) is 13.4. The minimum atomic E-state index is -0.482. The van der Waals surface area contributed by atoms with Crippen molar-refractivity contribution in [2.45, 2.75) is 65.6 Å². The van der Waals surface area contributed by atoms with Crippen molar-refractivity contribution in [2.75, 3.05) is 11.9 Å². The molecular weight excluding hydrogens is 348 g/mol. The van der Waals surface area contributed by atoms with Gasteiger partial charge in [0.2, 0.25) is 0 Å². The topological polar surface area (TPSA) is 41.6 Å². The van der Waals surface area contributed by atoms with Crippen molar-refractivity contribution in [3.8, 4) is 11.1 Å². The van der Waals surface area contributed by atoms with E-state index in [2.05, 4.69) is 54.7 Å². The van der Waals surface area contributed by atoms with Gasteiger partial charge in [-0.1, -0.05) is 56.2 Å². The zero-order valence-corrected chi connectivity index (χ0v) is 17.5. The van der Waals surface area contributed by atoms with E-state index in [9.17, 15) is 4.79 Å². The number of ether oxygens (including phenoxy) is 1. The summed E-state index contributed by atoms with van der Waals surface area (Å²) in [5, 5.41) is 3.60. The van der Waals surface area contributed by atoms with E-state index in [1.807, 2.05) is 20.8 Å². The van der Waals surface area contributed by atoms with Crippen molar-refractivity contribution in [3.63, 3.8) is 0 Å². The number of anilines is 1. The van der Waals surface area contributed by atoms with Crippen LogP contribution >= 0.6 is 0 Å².